The zero-order chi connectivity index (χ0) is 55.5. The molecule has 2 radical (unpaired) electrons. The number of halogens is 4. The Balaban J connectivity index is -0.0000000888. The van der Waals surface area contributed by atoms with Crippen molar-refractivity contribution < 1.29 is 120 Å². The third kappa shape index (κ3) is 35.5. The van der Waals surface area contributed by atoms with Gasteiger partial charge in [0.15, 0.2) is 11.6 Å². The molecule has 4 bridgehead atoms. The van der Waals surface area contributed by atoms with Crippen molar-refractivity contribution in [2.75, 3.05) is 18.1 Å². The first-order valence-electron chi connectivity index (χ1n) is 22.7. The molecule has 0 aliphatic rings. The number of hydrogen-bond donors (Lipinski definition) is 6. The average Bonchev–Trinajstić information content (AvgIpc) is 3.34. The molecule has 0 saturated carbocycles. The predicted octanol–water partition coefficient (Wildman–Crippen LogP) is 10.4. The van der Waals surface area contributed by atoms with E-state index in [4.69, 9.17) is 56.8 Å². The van der Waals surface area contributed by atoms with Crippen molar-refractivity contribution in [3.05, 3.63) is 160 Å². The molecule has 1 aromatic heterocycles. The van der Waals surface area contributed by atoms with Gasteiger partial charge in [-0.15, -0.1) is 0 Å². The molecule has 6 aromatic carbocycles. The minimum Gasteiger partial charge on any atom is 0 e. The van der Waals surface area contributed by atoms with E-state index in [1.165, 1.54) is 20.3 Å². The summed E-state index contributed by atoms with van der Waals surface area (Å²) in [7, 11) is 17.7. The van der Waals surface area contributed by atoms with E-state index in [-0.39, 0.29) is 146 Å². The number of carbonyl (C=O) groups excluding carboxylic acids is 2. The molecule has 27 heteroatoms. The summed E-state index contributed by atoms with van der Waals surface area (Å²) in [5.74, 6) is -0.448. The van der Waals surface area contributed by atoms with Gasteiger partial charge < -0.3 is 75.7 Å². The number of carbonyl (C=O) groups is 2. The first-order chi connectivity index (χ1) is 34.6. The number of Topliss-reactive ketones (excluding diaryl/α,β-unsaturated/α-hetero) is 2. The normalized spacial score (nSPS) is 8.29. The van der Waals surface area contributed by atoms with Gasteiger partial charge in [-0.2, -0.15) is 0 Å². The van der Waals surface area contributed by atoms with Crippen LogP contribution in [0.15, 0.2) is 109 Å². The quantitative estimate of drug-likeness (QED) is 0.0695. The van der Waals surface area contributed by atoms with E-state index in [0.717, 1.165) is 16.7 Å². The molecule has 86 heavy (non-hydrogen) atoms. The molecule has 0 spiro atoms. The first kappa shape index (κ1) is 112. The second kappa shape index (κ2) is 58.7. The molecule has 0 unspecified atom stereocenters. The van der Waals surface area contributed by atoms with Crippen LogP contribution in [0.2, 0.25) is 0 Å². The maximum Gasteiger partial charge on any atom is 0 e. The number of ketones is 2. The monoisotopic (exact) mass is 1430 g/mol. The van der Waals surface area contributed by atoms with Crippen LogP contribution >= 0.6 is 42.0 Å². The van der Waals surface area contributed by atoms with Crippen molar-refractivity contribution in [3.63, 3.8) is 0 Å². The molecule has 7 aromatic rings. The molecule has 0 aliphatic heterocycles. The summed E-state index contributed by atoms with van der Waals surface area (Å²) in [6.07, 6.45) is 1.25. The number of aryl methyl sites for hydroxylation is 7. The molecule has 499 valence electrons. The summed E-state index contributed by atoms with van der Waals surface area (Å²) in [4.78, 5) is 41.8. The number of phenols is 3. The first-order valence-corrected chi connectivity index (χ1v) is 26.7. The number of rotatable bonds is 2. The molecule has 0 amide bonds. The summed E-state index contributed by atoms with van der Waals surface area (Å²) in [6.45, 7) is 22.2. The second-order valence-corrected chi connectivity index (χ2v) is 17.9. The van der Waals surface area contributed by atoms with E-state index >= 15 is 0 Å². The van der Waals surface area contributed by atoms with Crippen LogP contribution in [0.4, 0.5) is 11.4 Å². The minimum absolute atomic E-state index is 0. The molecular weight excluding hydrogens is 1340 g/mol. The molecular formula is C59H94Cl4Co3N6O14. The summed E-state index contributed by atoms with van der Waals surface area (Å²) in [5.41, 5.74) is 20.5. The smallest absolute Gasteiger partial charge is 0 e. The number of nitrogens with two attached hydrogens (primary N) is 2. The molecule has 7 rings (SSSR count). The third-order valence-corrected chi connectivity index (χ3v) is 9.99. The maximum atomic E-state index is 11.4. The Bertz CT molecular complexity index is 2860. The van der Waals surface area contributed by atoms with E-state index in [9.17, 15) is 24.9 Å². The predicted molar refractivity (Wildman–Crippen MR) is 353 cm³/mol. The van der Waals surface area contributed by atoms with Gasteiger partial charge in [0.2, 0.25) is 0 Å². The van der Waals surface area contributed by atoms with Gasteiger partial charge in [-0.05, 0) is 159 Å². The van der Waals surface area contributed by atoms with E-state index in [2.05, 4.69) is 35.6 Å². The van der Waals surface area contributed by atoms with Crippen LogP contribution < -0.4 is 11.5 Å². The van der Waals surface area contributed by atoms with Crippen LogP contribution in [-0.4, -0.2) is 102 Å². The SMILES string of the molecule is C.C.C.CC(=O)c1cc(C)cc(C(C)=O)c1O.CCC.CCO.Cc1cc2c(C)nc3ccccc3nc(C)c3cc(C)cc(c(C)nc4ccccc4nc(C)c(c1)c2O)c3O.ClCl.Nc1ccccc1N.O.O.O.O.O.O.O.O.[Cl][Co][Cl].[Co].[Co]. The number of para-hydroxylation sites is 6. The maximum absolute atomic E-state index is 11.4. The van der Waals surface area contributed by atoms with Gasteiger partial charge in [0.25, 0.3) is 0 Å². The van der Waals surface area contributed by atoms with Crippen molar-refractivity contribution in [2.45, 2.75) is 112 Å². The minimum atomic E-state index is -0.242. The molecule has 0 fully saturated rings. The van der Waals surface area contributed by atoms with Gasteiger partial charge in [-0.25, -0.2) is 0 Å². The Morgan fingerprint density at radius 3 is 0.791 bits per heavy atom. The number of nitrogen functional groups attached to an aromatic ring is 2. The molecule has 0 aliphatic carbocycles. The fourth-order valence-corrected chi connectivity index (χ4v) is 6.76. The fourth-order valence-electron chi connectivity index (χ4n) is 6.76. The number of aliphatic hydroxyl groups excluding tert-OH is 1. The Morgan fingerprint density at radius 1 is 0.442 bits per heavy atom. The van der Waals surface area contributed by atoms with Gasteiger partial charge in [0.1, 0.15) is 17.2 Å². The average molecular weight is 1430 g/mol. The van der Waals surface area contributed by atoms with Crippen LogP contribution in [0.5, 0.6) is 17.2 Å². The van der Waals surface area contributed by atoms with Crippen molar-refractivity contribution in [1.82, 2.24) is 19.9 Å². The number of nitrogens with zero attached hydrogens (tertiary/aromatic N) is 4. The van der Waals surface area contributed by atoms with E-state index in [1.54, 1.807) is 38.1 Å². The van der Waals surface area contributed by atoms with Crippen LogP contribution in [0.3, 0.4) is 0 Å². The van der Waals surface area contributed by atoms with Crippen molar-refractivity contribution >= 4 is 109 Å². The third-order valence-electron chi connectivity index (χ3n) is 9.99. The number of anilines is 2. The second-order valence-electron chi connectivity index (χ2n) is 16.2. The van der Waals surface area contributed by atoms with Crippen molar-refractivity contribution in [2.24, 2.45) is 0 Å². The number of aliphatic hydroxyl groups is 1. The molecule has 0 saturated heterocycles. The van der Waals surface area contributed by atoms with E-state index in [1.807, 2.05) is 126 Å². The number of phenolic OH excluding ortho intramolecular Hbond substituents is 3. The van der Waals surface area contributed by atoms with Crippen LogP contribution in [0.1, 0.15) is 124 Å². The zero-order valence-electron chi connectivity index (χ0n) is 47.9. The molecule has 20 nitrogen and oxygen atoms in total. The summed E-state index contributed by atoms with van der Waals surface area (Å²) in [5, 5.41) is 42.5. The van der Waals surface area contributed by atoms with Gasteiger partial charge in [0.05, 0.1) is 44.6 Å². The van der Waals surface area contributed by atoms with Crippen molar-refractivity contribution in [3.8, 4) is 17.2 Å². The topological polar surface area (TPSA) is 471 Å². The van der Waals surface area contributed by atoms with Gasteiger partial charge in [0, 0.05) is 106 Å². The van der Waals surface area contributed by atoms with Crippen LogP contribution in [-0.2, 0) is 46.5 Å². The number of fused-ring (bicyclic) bond motifs is 6. The Labute approximate surface area is 551 Å². The number of aromatic hydroxyl groups is 3. The zero-order valence-corrected chi connectivity index (χ0v) is 54.0. The van der Waals surface area contributed by atoms with Crippen LogP contribution in [0.25, 0.3) is 43.6 Å². The van der Waals surface area contributed by atoms with Crippen LogP contribution in [0, 0.1) is 48.5 Å². The largest absolute Gasteiger partial charge is 0 e. The molecule has 24 N–H and O–H groups in total. The van der Waals surface area contributed by atoms with Crippen molar-refractivity contribution in [1.29, 1.82) is 0 Å². The number of benzene rings is 6. The molecule has 1 heterocycles. The van der Waals surface area contributed by atoms with Gasteiger partial charge in [-0.3, -0.25) is 29.5 Å². The number of hydrogen-bond acceptors (Lipinski definition) is 12. The van der Waals surface area contributed by atoms with E-state index < -0.39 is 0 Å². The summed E-state index contributed by atoms with van der Waals surface area (Å²) >= 11 is 0.382. The number of aromatic nitrogens is 4. The summed E-state index contributed by atoms with van der Waals surface area (Å²) < 4.78 is 0. The molecule has 0 atom stereocenters. The van der Waals surface area contributed by atoms with Gasteiger partial charge >= 0.3 is 33.2 Å². The van der Waals surface area contributed by atoms with Gasteiger partial charge in [-0.1, -0.05) is 78.9 Å². The summed E-state index contributed by atoms with van der Waals surface area (Å²) in [6, 6.07) is 33.3. The Kier molecular flexibility index (Phi) is 76.3. The Morgan fingerprint density at radius 2 is 0.616 bits per heavy atom. The fraction of sp³-hybridized carbons (Fsp3) is 0.288. The Hall–Kier alpha value is -5.34. The standard InChI is InChI=1S/C34H32N4O2.C11H12O3.C6H8N2.C3H8.C2H6O.3CH4.Cl2.2ClH.3Co.8H2O/c1-19-15-25-21(3)35-29-11-7-9-13-31(29)37-23(5)27-17-20(2)18-28(34(27)40)24(6)38-32-14-10-8-12-30(32)36-22(4)26(16-19)33(25)39;1-6-4-9(7(2)12)11(14)10(5-6)8(3)13;7-5-3-1-2-4-6(5)8;1-3-2;1-2-3;;;;1-2;;;;;;;;;;;;;/h7-18,39-40H,1-6H3;4-5,14H,1-3H3;1-4H,7-8H2;3H2,1-2H3;3H,2H2,1H3;3*1H4;;2*1H;;;;8*1H2/q;;;;;;;;;;;;;+2;;;;;;;;/p-2. The van der Waals surface area contributed by atoms with E-state index in [0.29, 0.717) is 90.7 Å².